The third-order valence-electron chi connectivity index (χ3n) is 4.91. The predicted octanol–water partition coefficient (Wildman–Crippen LogP) is 3.36. The van der Waals surface area contributed by atoms with E-state index in [1.165, 1.54) is 0 Å². The van der Waals surface area contributed by atoms with Gasteiger partial charge in [0.2, 0.25) is 5.91 Å². The summed E-state index contributed by atoms with van der Waals surface area (Å²) >= 11 is 0. The first kappa shape index (κ1) is 21.6. The van der Waals surface area contributed by atoms with Crippen LogP contribution in [0.5, 0.6) is 0 Å². The van der Waals surface area contributed by atoms with Gasteiger partial charge in [0, 0.05) is 12.1 Å². The van der Waals surface area contributed by atoms with E-state index in [0.29, 0.717) is 17.7 Å². The van der Waals surface area contributed by atoms with Gasteiger partial charge in [-0.2, -0.15) is 0 Å². The Morgan fingerprint density at radius 2 is 1.50 bits per heavy atom. The third kappa shape index (κ3) is 7.16. The Labute approximate surface area is 168 Å². The summed E-state index contributed by atoms with van der Waals surface area (Å²) < 4.78 is 0. The minimum atomic E-state index is -0.232. The fraction of sp³-hybridized carbons (Fsp3) is 0.391. The number of rotatable bonds is 11. The zero-order chi connectivity index (χ0) is 20.2. The first-order chi connectivity index (χ1) is 13.6. The van der Waals surface area contributed by atoms with E-state index in [-0.39, 0.29) is 11.8 Å². The van der Waals surface area contributed by atoms with Crippen molar-refractivity contribution in [1.82, 2.24) is 0 Å². The summed E-state index contributed by atoms with van der Waals surface area (Å²) in [6, 6.07) is 16.4. The van der Waals surface area contributed by atoms with Crippen LogP contribution < -0.4 is 15.5 Å². The molecule has 0 radical (unpaired) electrons. The number of para-hydroxylation sites is 2. The molecule has 0 atom stereocenters. The molecule has 2 aromatic rings. The van der Waals surface area contributed by atoms with E-state index in [1.54, 1.807) is 23.1 Å². The zero-order valence-electron chi connectivity index (χ0n) is 17.0. The highest BCUT2D eigenvalue weighted by molar-refractivity contribution is 6.10. The fourth-order valence-corrected chi connectivity index (χ4v) is 3.16. The van der Waals surface area contributed by atoms with Crippen LogP contribution in [0.15, 0.2) is 54.6 Å². The highest BCUT2D eigenvalue weighted by atomic mass is 16.2. The van der Waals surface area contributed by atoms with Crippen molar-refractivity contribution >= 4 is 23.2 Å². The number of unbranched alkanes of at least 4 members (excludes halogenated alkanes) is 2. The van der Waals surface area contributed by atoms with Gasteiger partial charge in [0.1, 0.15) is 0 Å². The molecule has 2 aromatic carbocycles. The molecule has 0 saturated heterocycles. The van der Waals surface area contributed by atoms with Crippen molar-refractivity contribution in [2.24, 2.45) is 0 Å². The number of hydrogen-bond donors (Lipinski definition) is 3. The lowest BCUT2D eigenvalue weighted by atomic mass is 10.1. The Morgan fingerprint density at radius 1 is 0.821 bits per heavy atom. The van der Waals surface area contributed by atoms with E-state index in [4.69, 9.17) is 0 Å². The van der Waals surface area contributed by atoms with Gasteiger partial charge in [-0.1, -0.05) is 30.3 Å². The molecule has 2 amide bonds. The molecule has 150 valence electrons. The van der Waals surface area contributed by atoms with Crippen LogP contribution >= 0.6 is 0 Å². The van der Waals surface area contributed by atoms with Crippen LogP contribution in [0, 0.1) is 0 Å². The molecule has 0 aromatic heterocycles. The fourth-order valence-electron chi connectivity index (χ4n) is 3.16. The van der Waals surface area contributed by atoms with Crippen molar-refractivity contribution in [3.8, 4) is 0 Å². The molecule has 0 aliphatic rings. The smallest absolute Gasteiger partial charge is 0.257 e. The minimum absolute atomic E-state index is 0.0462. The Kier molecular flexibility index (Phi) is 9.22. The van der Waals surface area contributed by atoms with Crippen LogP contribution in [-0.2, 0) is 4.79 Å². The van der Waals surface area contributed by atoms with E-state index in [0.717, 1.165) is 44.6 Å². The van der Waals surface area contributed by atoms with Crippen molar-refractivity contribution in [3.05, 3.63) is 60.2 Å². The van der Waals surface area contributed by atoms with Gasteiger partial charge in [-0.25, -0.2) is 0 Å². The maximum absolute atomic E-state index is 12.6. The number of anilines is 2. The topological polar surface area (TPSA) is 62.6 Å². The van der Waals surface area contributed by atoms with E-state index < -0.39 is 0 Å². The molecule has 5 heteroatoms. The summed E-state index contributed by atoms with van der Waals surface area (Å²) in [7, 11) is 0. The number of nitrogens with one attached hydrogen (secondary N) is 3. The number of carbonyl (C=O) groups excluding carboxylic acids is 2. The van der Waals surface area contributed by atoms with Gasteiger partial charge in [0.05, 0.1) is 30.9 Å². The summed E-state index contributed by atoms with van der Waals surface area (Å²) in [5.74, 6) is -0.278. The second kappa shape index (κ2) is 11.9. The van der Waals surface area contributed by atoms with Crippen LogP contribution in [-0.4, -0.2) is 31.4 Å². The summed E-state index contributed by atoms with van der Waals surface area (Å²) in [6.45, 7) is 7.88. The lowest BCUT2D eigenvalue weighted by molar-refractivity contribution is -0.896. The highest BCUT2D eigenvalue weighted by Gasteiger charge is 2.13. The predicted molar refractivity (Wildman–Crippen MR) is 115 cm³/mol. The summed E-state index contributed by atoms with van der Waals surface area (Å²) in [4.78, 5) is 26.5. The number of benzene rings is 2. The van der Waals surface area contributed by atoms with Crippen LogP contribution in [0.3, 0.4) is 0 Å². The van der Waals surface area contributed by atoms with Crippen molar-refractivity contribution in [2.45, 2.75) is 39.5 Å². The van der Waals surface area contributed by atoms with Crippen LogP contribution in [0.2, 0.25) is 0 Å². The average molecular weight is 383 g/mol. The molecule has 0 aliphatic carbocycles. The molecule has 0 aliphatic heterocycles. The molecule has 0 bridgehead atoms. The summed E-state index contributed by atoms with van der Waals surface area (Å²) in [6.07, 6.45) is 3.53. The molecular weight excluding hydrogens is 350 g/mol. The SMILES string of the molecule is CC[NH+](CC)CCCCCC(=O)Nc1ccccc1C(=O)Nc1ccccc1. The van der Waals surface area contributed by atoms with Gasteiger partial charge in [0.25, 0.3) is 5.91 Å². The Balaban J connectivity index is 1.83. The van der Waals surface area contributed by atoms with Gasteiger partial charge in [-0.15, -0.1) is 0 Å². The van der Waals surface area contributed by atoms with Crippen LogP contribution in [0.4, 0.5) is 11.4 Å². The molecule has 0 spiro atoms. The van der Waals surface area contributed by atoms with Gasteiger partial charge in [-0.05, 0) is 57.4 Å². The Morgan fingerprint density at radius 3 is 2.21 bits per heavy atom. The lowest BCUT2D eigenvalue weighted by Crippen LogP contribution is -3.11. The Hall–Kier alpha value is -2.66. The summed E-state index contributed by atoms with van der Waals surface area (Å²) in [5, 5.41) is 5.76. The normalized spacial score (nSPS) is 10.7. The lowest BCUT2D eigenvalue weighted by Gasteiger charge is -2.15. The monoisotopic (exact) mass is 382 g/mol. The number of hydrogen-bond acceptors (Lipinski definition) is 2. The Bertz CT molecular complexity index is 743. The maximum Gasteiger partial charge on any atom is 0.257 e. The minimum Gasteiger partial charge on any atom is -0.335 e. The molecule has 28 heavy (non-hydrogen) atoms. The van der Waals surface area contributed by atoms with E-state index in [1.807, 2.05) is 36.4 Å². The molecule has 0 unspecified atom stereocenters. The first-order valence-corrected chi connectivity index (χ1v) is 10.2. The van der Waals surface area contributed by atoms with Gasteiger partial charge < -0.3 is 15.5 Å². The largest absolute Gasteiger partial charge is 0.335 e. The average Bonchev–Trinajstić information content (AvgIpc) is 2.72. The molecular formula is C23H32N3O2+. The van der Waals surface area contributed by atoms with Crippen molar-refractivity contribution in [2.75, 3.05) is 30.3 Å². The maximum atomic E-state index is 12.6. The summed E-state index contributed by atoms with van der Waals surface area (Å²) in [5.41, 5.74) is 1.74. The van der Waals surface area contributed by atoms with Gasteiger partial charge >= 0.3 is 0 Å². The van der Waals surface area contributed by atoms with E-state index in [9.17, 15) is 9.59 Å². The molecule has 2 rings (SSSR count). The molecule has 0 saturated carbocycles. The first-order valence-electron chi connectivity index (χ1n) is 10.2. The number of amides is 2. The van der Waals surface area contributed by atoms with Crippen molar-refractivity contribution in [1.29, 1.82) is 0 Å². The van der Waals surface area contributed by atoms with E-state index in [2.05, 4.69) is 24.5 Å². The quantitative estimate of drug-likeness (QED) is 0.522. The number of carbonyl (C=O) groups is 2. The van der Waals surface area contributed by atoms with Crippen LogP contribution in [0.1, 0.15) is 49.9 Å². The van der Waals surface area contributed by atoms with Crippen molar-refractivity contribution < 1.29 is 14.5 Å². The third-order valence-corrected chi connectivity index (χ3v) is 4.91. The van der Waals surface area contributed by atoms with Gasteiger partial charge in [-0.3, -0.25) is 9.59 Å². The standard InChI is InChI=1S/C23H31N3O2/c1-3-26(4-2)18-12-6-9-17-22(27)25-21-16-11-10-15-20(21)23(28)24-19-13-7-5-8-14-19/h5,7-8,10-11,13-16H,3-4,6,9,12,17-18H2,1-2H3,(H,24,28)(H,25,27)/p+1. The molecule has 0 heterocycles. The molecule has 3 N–H and O–H groups in total. The second-order valence-corrected chi connectivity index (χ2v) is 6.93. The zero-order valence-corrected chi connectivity index (χ0v) is 17.0. The highest BCUT2D eigenvalue weighted by Crippen LogP contribution is 2.18. The van der Waals surface area contributed by atoms with Crippen LogP contribution in [0.25, 0.3) is 0 Å². The second-order valence-electron chi connectivity index (χ2n) is 6.93. The molecule has 5 nitrogen and oxygen atoms in total. The van der Waals surface area contributed by atoms with Gasteiger partial charge in [0.15, 0.2) is 0 Å². The molecule has 0 fully saturated rings. The number of quaternary nitrogens is 1. The van der Waals surface area contributed by atoms with E-state index >= 15 is 0 Å². The van der Waals surface area contributed by atoms with Crippen molar-refractivity contribution in [3.63, 3.8) is 0 Å².